The summed E-state index contributed by atoms with van der Waals surface area (Å²) >= 11 is 1.14. The molecule has 0 aliphatic rings. The first-order chi connectivity index (χ1) is 10.9. The van der Waals surface area contributed by atoms with Gasteiger partial charge in [0.25, 0.3) is 5.69 Å². The molecule has 0 unspecified atom stereocenters. The molecule has 1 aromatic carbocycles. The Hall–Kier alpha value is -2.41. The van der Waals surface area contributed by atoms with Crippen LogP contribution in [0.5, 0.6) is 0 Å². The number of carbonyl (C=O) groups excluding carboxylic acids is 1. The van der Waals surface area contributed by atoms with Crippen molar-refractivity contribution in [3.05, 3.63) is 57.4 Å². The van der Waals surface area contributed by atoms with Crippen LogP contribution < -0.4 is 5.32 Å². The van der Waals surface area contributed by atoms with Crippen molar-refractivity contribution >= 4 is 29.0 Å². The lowest BCUT2D eigenvalue weighted by molar-refractivity contribution is -0.387. The summed E-state index contributed by atoms with van der Waals surface area (Å²) in [6.07, 6.45) is 0. The van der Waals surface area contributed by atoms with E-state index in [1.165, 1.54) is 6.07 Å². The highest BCUT2D eigenvalue weighted by Gasteiger charge is 2.15. The van der Waals surface area contributed by atoms with Crippen LogP contribution in [0.2, 0.25) is 0 Å². The van der Waals surface area contributed by atoms with Gasteiger partial charge in [-0.05, 0) is 38.5 Å². The van der Waals surface area contributed by atoms with Crippen molar-refractivity contribution < 1.29 is 9.72 Å². The Kier molecular flexibility index (Phi) is 5.33. The number of benzene rings is 1. The maximum Gasteiger partial charge on any atom is 0.282 e. The van der Waals surface area contributed by atoms with Crippen LogP contribution >= 0.6 is 11.8 Å². The lowest BCUT2D eigenvalue weighted by atomic mass is 10.1. The molecule has 1 heterocycles. The monoisotopic (exact) mass is 331 g/mol. The summed E-state index contributed by atoms with van der Waals surface area (Å²) in [7, 11) is 0. The number of amides is 1. The van der Waals surface area contributed by atoms with E-state index in [1.807, 2.05) is 26.8 Å². The SMILES string of the molecule is Cc1cc(C)c(NC(=O)CSc2ccccc2[N+](=O)[O-])c(C)n1. The summed E-state index contributed by atoms with van der Waals surface area (Å²) in [6, 6.07) is 8.29. The first kappa shape index (κ1) is 17.0. The van der Waals surface area contributed by atoms with E-state index in [1.54, 1.807) is 18.2 Å². The summed E-state index contributed by atoms with van der Waals surface area (Å²) in [5, 5.41) is 13.8. The first-order valence-electron chi connectivity index (χ1n) is 6.99. The highest BCUT2D eigenvalue weighted by atomic mass is 32.2. The Bertz CT molecular complexity index is 739. The molecule has 2 rings (SSSR count). The topological polar surface area (TPSA) is 85.1 Å². The number of nitrogens with zero attached hydrogens (tertiary/aromatic N) is 2. The third-order valence-electron chi connectivity index (χ3n) is 3.21. The minimum Gasteiger partial charge on any atom is -0.324 e. The van der Waals surface area contributed by atoms with Gasteiger partial charge in [-0.25, -0.2) is 0 Å². The predicted molar refractivity (Wildman–Crippen MR) is 90.9 cm³/mol. The molecule has 0 saturated heterocycles. The molecule has 1 N–H and O–H groups in total. The lowest BCUT2D eigenvalue weighted by Crippen LogP contribution is -2.16. The van der Waals surface area contributed by atoms with Crippen molar-refractivity contribution in [1.29, 1.82) is 0 Å². The van der Waals surface area contributed by atoms with Gasteiger partial charge < -0.3 is 5.32 Å². The average Bonchev–Trinajstić information content (AvgIpc) is 2.49. The van der Waals surface area contributed by atoms with Crippen LogP contribution in [0.15, 0.2) is 35.2 Å². The quantitative estimate of drug-likeness (QED) is 0.513. The molecular formula is C16H17N3O3S. The van der Waals surface area contributed by atoms with Gasteiger partial charge in [0.1, 0.15) is 0 Å². The molecule has 0 spiro atoms. The number of nitro groups is 1. The van der Waals surface area contributed by atoms with Crippen molar-refractivity contribution in [2.45, 2.75) is 25.7 Å². The molecule has 0 radical (unpaired) electrons. The number of hydrogen-bond donors (Lipinski definition) is 1. The lowest BCUT2D eigenvalue weighted by Gasteiger charge is -2.11. The average molecular weight is 331 g/mol. The summed E-state index contributed by atoms with van der Waals surface area (Å²) in [4.78, 5) is 27.5. The van der Waals surface area contributed by atoms with Gasteiger partial charge in [-0.2, -0.15) is 0 Å². The molecule has 120 valence electrons. The molecule has 1 aromatic heterocycles. The van der Waals surface area contributed by atoms with E-state index < -0.39 is 4.92 Å². The van der Waals surface area contributed by atoms with E-state index in [9.17, 15) is 14.9 Å². The van der Waals surface area contributed by atoms with Gasteiger partial charge in [-0.15, -0.1) is 11.8 Å². The fourth-order valence-corrected chi connectivity index (χ4v) is 3.09. The van der Waals surface area contributed by atoms with E-state index in [-0.39, 0.29) is 17.3 Å². The normalized spacial score (nSPS) is 10.4. The number of carbonyl (C=O) groups is 1. The number of para-hydroxylation sites is 1. The molecule has 0 fully saturated rings. The molecule has 2 aromatic rings. The van der Waals surface area contributed by atoms with Crippen molar-refractivity contribution in [2.24, 2.45) is 0 Å². The van der Waals surface area contributed by atoms with E-state index >= 15 is 0 Å². The minimum absolute atomic E-state index is 0.00895. The van der Waals surface area contributed by atoms with Gasteiger partial charge >= 0.3 is 0 Å². The first-order valence-corrected chi connectivity index (χ1v) is 7.98. The molecule has 1 amide bonds. The third kappa shape index (κ3) is 4.29. The summed E-state index contributed by atoms with van der Waals surface area (Å²) in [6.45, 7) is 5.65. The molecular weight excluding hydrogens is 314 g/mol. The minimum atomic E-state index is -0.446. The highest BCUT2D eigenvalue weighted by molar-refractivity contribution is 8.00. The van der Waals surface area contributed by atoms with Crippen LogP contribution in [-0.4, -0.2) is 21.6 Å². The number of anilines is 1. The molecule has 0 saturated carbocycles. The molecule has 0 bridgehead atoms. The van der Waals surface area contributed by atoms with Crippen molar-refractivity contribution in [1.82, 2.24) is 4.98 Å². The Labute approximate surface area is 138 Å². The number of hydrogen-bond acceptors (Lipinski definition) is 5. The number of nitrogens with one attached hydrogen (secondary N) is 1. The zero-order valence-electron chi connectivity index (χ0n) is 13.1. The summed E-state index contributed by atoms with van der Waals surface area (Å²) in [5.41, 5.74) is 3.30. The second-order valence-electron chi connectivity index (χ2n) is 5.10. The van der Waals surface area contributed by atoms with E-state index in [0.29, 0.717) is 10.6 Å². The van der Waals surface area contributed by atoms with Crippen LogP contribution in [0, 0.1) is 30.9 Å². The number of aryl methyl sites for hydroxylation is 3. The maximum atomic E-state index is 12.1. The fraction of sp³-hybridized carbons (Fsp3) is 0.250. The predicted octanol–water partition coefficient (Wildman–Crippen LogP) is 3.65. The van der Waals surface area contributed by atoms with Crippen LogP contribution in [0.25, 0.3) is 0 Å². The Morgan fingerprint density at radius 3 is 2.65 bits per heavy atom. The molecule has 6 nitrogen and oxygen atoms in total. The summed E-state index contributed by atoms with van der Waals surface area (Å²) in [5.74, 6) is -0.123. The number of pyridine rings is 1. The molecule has 0 aliphatic heterocycles. The van der Waals surface area contributed by atoms with Crippen molar-refractivity contribution in [3.8, 4) is 0 Å². The second kappa shape index (κ2) is 7.23. The largest absolute Gasteiger partial charge is 0.324 e. The van der Waals surface area contributed by atoms with Gasteiger partial charge in [0.05, 0.1) is 27.0 Å². The second-order valence-corrected chi connectivity index (χ2v) is 6.12. The van der Waals surface area contributed by atoms with E-state index in [0.717, 1.165) is 28.7 Å². The Morgan fingerprint density at radius 2 is 2.00 bits per heavy atom. The van der Waals surface area contributed by atoms with Crippen LogP contribution in [0.3, 0.4) is 0 Å². The molecule has 0 atom stereocenters. The van der Waals surface area contributed by atoms with Crippen molar-refractivity contribution in [3.63, 3.8) is 0 Å². The van der Waals surface area contributed by atoms with Gasteiger partial charge in [-0.1, -0.05) is 12.1 Å². The van der Waals surface area contributed by atoms with Gasteiger partial charge in [0, 0.05) is 11.8 Å². The Balaban J connectivity index is 2.06. The third-order valence-corrected chi connectivity index (χ3v) is 4.27. The van der Waals surface area contributed by atoms with E-state index in [2.05, 4.69) is 10.3 Å². The number of aromatic nitrogens is 1. The smallest absolute Gasteiger partial charge is 0.282 e. The van der Waals surface area contributed by atoms with Gasteiger partial charge in [-0.3, -0.25) is 19.9 Å². The molecule has 23 heavy (non-hydrogen) atoms. The van der Waals surface area contributed by atoms with Crippen LogP contribution in [0.4, 0.5) is 11.4 Å². The number of thioether (sulfide) groups is 1. The standard InChI is InChI=1S/C16H17N3O3S/c1-10-8-11(2)17-12(3)16(10)18-15(20)9-23-14-7-5-4-6-13(14)19(21)22/h4-8H,9H2,1-3H3,(H,18,20). The van der Waals surface area contributed by atoms with Gasteiger partial charge in [0.2, 0.25) is 5.91 Å². The van der Waals surface area contributed by atoms with Crippen LogP contribution in [-0.2, 0) is 4.79 Å². The molecule has 0 aliphatic carbocycles. The van der Waals surface area contributed by atoms with E-state index in [4.69, 9.17) is 0 Å². The maximum absolute atomic E-state index is 12.1. The molecule has 7 heteroatoms. The number of nitro benzene ring substituents is 1. The van der Waals surface area contributed by atoms with Crippen LogP contribution in [0.1, 0.15) is 17.0 Å². The zero-order valence-corrected chi connectivity index (χ0v) is 13.9. The fourth-order valence-electron chi connectivity index (χ4n) is 2.26. The van der Waals surface area contributed by atoms with Crippen molar-refractivity contribution in [2.75, 3.05) is 11.1 Å². The van der Waals surface area contributed by atoms with Gasteiger partial charge in [0.15, 0.2) is 0 Å². The Morgan fingerprint density at radius 1 is 1.30 bits per heavy atom. The summed E-state index contributed by atoms with van der Waals surface area (Å²) < 4.78 is 0. The zero-order chi connectivity index (χ0) is 17.0. The highest BCUT2D eigenvalue weighted by Crippen LogP contribution is 2.29. The number of rotatable bonds is 5.